The first-order valence-corrected chi connectivity index (χ1v) is 5.46. The summed E-state index contributed by atoms with van der Waals surface area (Å²) < 4.78 is 0. The number of carbonyl (C=O) groups excluding carboxylic acids is 2. The topological polar surface area (TPSA) is 94.8 Å². The lowest BCUT2D eigenvalue weighted by atomic mass is 9.40. The highest BCUT2D eigenvalue weighted by molar-refractivity contribution is 6.45. The molecule has 0 aromatic heterocycles. The number of rotatable bonds is 1. The molecule has 4 rings (SSSR count). The van der Waals surface area contributed by atoms with Gasteiger partial charge in [-0.15, -0.1) is 0 Å². The zero-order chi connectivity index (χ0) is 11.9. The standard InChI is InChI=1S/C11H14O5/c1-9-3-6(13)5-2-11(9,16)10(5,4-12)8(15)7(9)14/h5-6,12-13,16H,2-4H2,1H3/t5-,6+,9+,10-,11+/m0/s1. The third-order valence-electron chi connectivity index (χ3n) is 5.24. The van der Waals surface area contributed by atoms with E-state index in [9.17, 15) is 24.9 Å². The molecule has 5 heteroatoms. The summed E-state index contributed by atoms with van der Waals surface area (Å²) in [7, 11) is 0. The average Bonchev–Trinajstić information content (AvgIpc) is 2.27. The van der Waals surface area contributed by atoms with Gasteiger partial charge in [-0.25, -0.2) is 0 Å². The Balaban J connectivity index is 2.27. The number of ketones is 2. The maximum atomic E-state index is 12.0. The number of fused-ring (bicyclic) bond motifs is 1. The fourth-order valence-corrected chi connectivity index (χ4v) is 4.17. The summed E-state index contributed by atoms with van der Waals surface area (Å²) in [5.74, 6) is -1.81. The summed E-state index contributed by atoms with van der Waals surface area (Å²) in [6.07, 6.45) is -0.454. The molecule has 88 valence electrons. The van der Waals surface area contributed by atoms with Gasteiger partial charge in [-0.1, -0.05) is 0 Å². The van der Waals surface area contributed by atoms with Crippen molar-refractivity contribution in [3.8, 4) is 0 Å². The molecular weight excluding hydrogens is 212 g/mol. The molecule has 0 aromatic carbocycles. The number of Topliss-reactive ketones (excluding diaryl/α,β-unsaturated/α-hetero) is 2. The molecule has 0 saturated heterocycles. The molecule has 0 amide bonds. The highest BCUT2D eigenvalue weighted by Gasteiger charge is 2.86. The van der Waals surface area contributed by atoms with Crippen LogP contribution < -0.4 is 0 Å². The van der Waals surface area contributed by atoms with Crippen molar-refractivity contribution in [3.63, 3.8) is 0 Å². The molecule has 0 aromatic rings. The highest BCUT2D eigenvalue weighted by atomic mass is 16.3. The zero-order valence-corrected chi connectivity index (χ0v) is 8.93. The van der Waals surface area contributed by atoms with Crippen molar-refractivity contribution < 1.29 is 24.9 Å². The van der Waals surface area contributed by atoms with Crippen molar-refractivity contribution in [1.82, 2.24) is 0 Å². The van der Waals surface area contributed by atoms with Crippen LogP contribution in [0.1, 0.15) is 19.8 Å². The normalized spacial score (nSPS) is 58.8. The minimum atomic E-state index is -1.45. The summed E-state index contributed by atoms with van der Waals surface area (Å²) in [6.45, 7) is 0.953. The Labute approximate surface area is 92.1 Å². The first-order valence-electron chi connectivity index (χ1n) is 5.46. The van der Waals surface area contributed by atoms with Gasteiger partial charge in [-0.2, -0.15) is 0 Å². The predicted octanol–water partition coefficient (Wildman–Crippen LogP) is -1.36. The fourth-order valence-electron chi connectivity index (χ4n) is 4.17. The smallest absolute Gasteiger partial charge is 0.210 e. The molecule has 4 saturated carbocycles. The second-order valence-corrected chi connectivity index (χ2v) is 5.56. The molecule has 5 nitrogen and oxygen atoms in total. The Morgan fingerprint density at radius 1 is 1.31 bits per heavy atom. The molecule has 4 fully saturated rings. The largest absolute Gasteiger partial charge is 0.395 e. The number of hydrogen-bond donors (Lipinski definition) is 3. The van der Waals surface area contributed by atoms with Crippen LogP contribution in [-0.2, 0) is 9.59 Å². The van der Waals surface area contributed by atoms with Gasteiger partial charge in [0.1, 0.15) is 0 Å². The van der Waals surface area contributed by atoms with Crippen LogP contribution in [0.4, 0.5) is 0 Å². The quantitative estimate of drug-likeness (QED) is 0.480. The van der Waals surface area contributed by atoms with Gasteiger partial charge >= 0.3 is 0 Å². The summed E-state index contributed by atoms with van der Waals surface area (Å²) in [4.78, 5) is 23.9. The van der Waals surface area contributed by atoms with E-state index in [1.54, 1.807) is 0 Å². The molecule has 4 aliphatic carbocycles. The molecule has 16 heavy (non-hydrogen) atoms. The number of aliphatic hydroxyl groups excluding tert-OH is 2. The maximum absolute atomic E-state index is 12.0. The van der Waals surface area contributed by atoms with Crippen LogP contribution in [-0.4, -0.2) is 45.2 Å². The fraction of sp³-hybridized carbons (Fsp3) is 0.818. The van der Waals surface area contributed by atoms with Gasteiger partial charge < -0.3 is 15.3 Å². The van der Waals surface area contributed by atoms with E-state index in [1.165, 1.54) is 6.92 Å². The molecule has 0 spiro atoms. The van der Waals surface area contributed by atoms with Crippen molar-refractivity contribution in [2.75, 3.05) is 6.61 Å². The monoisotopic (exact) mass is 226 g/mol. The van der Waals surface area contributed by atoms with E-state index in [1.807, 2.05) is 0 Å². The van der Waals surface area contributed by atoms with Crippen LogP contribution in [0.5, 0.6) is 0 Å². The van der Waals surface area contributed by atoms with Gasteiger partial charge in [-0.3, -0.25) is 9.59 Å². The summed E-state index contributed by atoms with van der Waals surface area (Å²) in [6, 6.07) is 0. The van der Waals surface area contributed by atoms with Crippen LogP contribution in [0.2, 0.25) is 0 Å². The van der Waals surface area contributed by atoms with Crippen LogP contribution in [0.15, 0.2) is 0 Å². The Bertz CT molecular complexity index is 419. The summed E-state index contributed by atoms with van der Waals surface area (Å²) in [5, 5.41) is 29.8. The lowest BCUT2D eigenvalue weighted by molar-refractivity contribution is -0.296. The van der Waals surface area contributed by atoms with E-state index < -0.39 is 46.6 Å². The lowest BCUT2D eigenvalue weighted by Crippen LogP contribution is -2.75. The van der Waals surface area contributed by atoms with Gasteiger partial charge in [0.15, 0.2) is 0 Å². The summed E-state index contributed by atoms with van der Waals surface area (Å²) >= 11 is 0. The Hall–Kier alpha value is -0.780. The van der Waals surface area contributed by atoms with E-state index in [0.717, 1.165) is 0 Å². The predicted molar refractivity (Wildman–Crippen MR) is 51.3 cm³/mol. The second kappa shape index (κ2) is 2.39. The molecule has 3 N–H and O–H groups in total. The maximum Gasteiger partial charge on any atom is 0.210 e. The Morgan fingerprint density at radius 2 is 1.94 bits per heavy atom. The highest BCUT2D eigenvalue weighted by Crippen LogP contribution is 2.73. The van der Waals surface area contributed by atoms with Crippen LogP contribution in [0, 0.1) is 16.7 Å². The van der Waals surface area contributed by atoms with Gasteiger partial charge in [0, 0.05) is 5.92 Å². The number of hydrogen-bond acceptors (Lipinski definition) is 5. The van der Waals surface area contributed by atoms with E-state index in [4.69, 9.17) is 0 Å². The van der Waals surface area contributed by atoms with Crippen LogP contribution in [0.25, 0.3) is 0 Å². The zero-order valence-electron chi connectivity index (χ0n) is 8.93. The van der Waals surface area contributed by atoms with Crippen LogP contribution >= 0.6 is 0 Å². The van der Waals surface area contributed by atoms with Crippen molar-refractivity contribution in [2.24, 2.45) is 16.7 Å². The summed E-state index contributed by atoms with van der Waals surface area (Å²) in [5.41, 5.74) is -4.11. The van der Waals surface area contributed by atoms with E-state index in [2.05, 4.69) is 0 Å². The van der Waals surface area contributed by atoms with Gasteiger partial charge in [0.2, 0.25) is 11.6 Å². The lowest BCUT2D eigenvalue weighted by Gasteiger charge is -2.65. The Morgan fingerprint density at radius 3 is 2.50 bits per heavy atom. The van der Waals surface area contributed by atoms with E-state index in [-0.39, 0.29) is 12.8 Å². The first-order chi connectivity index (χ1) is 7.35. The minimum absolute atomic E-state index is 0.112. The van der Waals surface area contributed by atoms with E-state index in [0.29, 0.717) is 0 Å². The molecule has 0 aliphatic heterocycles. The van der Waals surface area contributed by atoms with Crippen molar-refractivity contribution in [3.05, 3.63) is 0 Å². The second-order valence-electron chi connectivity index (χ2n) is 5.56. The van der Waals surface area contributed by atoms with Gasteiger partial charge in [-0.05, 0) is 19.8 Å². The number of carbonyl (C=O) groups is 2. The van der Waals surface area contributed by atoms with Gasteiger partial charge in [0.25, 0.3) is 0 Å². The molecule has 4 aliphatic rings. The molecule has 5 atom stereocenters. The third-order valence-corrected chi connectivity index (χ3v) is 5.24. The molecule has 0 radical (unpaired) electrons. The third kappa shape index (κ3) is 0.625. The molecule has 4 bridgehead atoms. The van der Waals surface area contributed by atoms with E-state index >= 15 is 0 Å². The molecular formula is C11H14O5. The average molecular weight is 226 g/mol. The molecule has 0 unspecified atom stereocenters. The number of aliphatic hydroxyl groups is 3. The SMILES string of the molecule is C[C@]12C[C@@H](O)[C@@H]3C[C@]1(O)[C@]3(CO)C(=O)C2=O. The van der Waals surface area contributed by atoms with Crippen molar-refractivity contribution in [1.29, 1.82) is 0 Å². The van der Waals surface area contributed by atoms with Gasteiger partial charge in [0.05, 0.1) is 29.1 Å². The van der Waals surface area contributed by atoms with Crippen LogP contribution in [0.3, 0.4) is 0 Å². The first kappa shape index (κ1) is 10.4. The molecule has 0 heterocycles. The van der Waals surface area contributed by atoms with Crippen molar-refractivity contribution in [2.45, 2.75) is 31.5 Å². The van der Waals surface area contributed by atoms with Crippen molar-refractivity contribution >= 4 is 11.6 Å². The minimum Gasteiger partial charge on any atom is -0.395 e. The Kier molecular flexibility index (Phi) is 1.55.